The second-order valence-corrected chi connectivity index (χ2v) is 6.94. The van der Waals surface area contributed by atoms with Crippen LogP contribution in [-0.4, -0.2) is 15.6 Å². The summed E-state index contributed by atoms with van der Waals surface area (Å²) in [7, 11) is 0. The average molecular weight is 299 g/mol. The normalized spacial score (nSPS) is 13.6. The van der Waals surface area contributed by atoms with Crippen LogP contribution in [0.1, 0.15) is 59.4 Å². The highest BCUT2D eigenvalue weighted by Crippen LogP contribution is 2.29. The average Bonchev–Trinajstić information content (AvgIpc) is 2.65. The molecule has 1 unspecified atom stereocenters. The van der Waals surface area contributed by atoms with Gasteiger partial charge in [-0.05, 0) is 24.7 Å². The molecule has 114 valence electrons. The topological polar surface area (TPSA) is 34.9 Å². The van der Waals surface area contributed by atoms with Crippen LogP contribution < -0.4 is 0 Å². The molecule has 0 aliphatic heterocycles. The first-order valence-corrected chi connectivity index (χ1v) is 7.84. The molecule has 0 saturated carbocycles. The molecule has 1 atom stereocenters. The third-order valence-corrected chi connectivity index (χ3v) is 4.51. The number of hydrogen-bond acceptors (Lipinski definition) is 2. The number of hydrogen-bond donors (Lipinski definition) is 0. The van der Waals surface area contributed by atoms with Gasteiger partial charge in [-0.1, -0.05) is 46.2 Å². The monoisotopic (exact) mass is 298 g/mol. The molecule has 0 fully saturated rings. The lowest BCUT2D eigenvalue weighted by atomic mass is 9.79. The Balaban J connectivity index is 2.83. The predicted octanol–water partition coefficient (Wildman–Crippen LogP) is 4.30. The second kappa shape index (κ2) is 6.75. The molecule has 1 aromatic rings. The molecule has 1 rings (SSSR count). The van der Waals surface area contributed by atoms with Crippen LogP contribution in [0.2, 0.25) is 5.02 Å². The molecular weight excluding hydrogens is 272 g/mol. The maximum Gasteiger partial charge on any atom is 0.139 e. The lowest BCUT2D eigenvalue weighted by Crippen LogP contribution is -2.22. The highest BCUT2D eigenvalue weighted by Gasteiger charge is 2.24. The zero-order valence-corrected chi connectivity index (χ0v) is 14.3. The van der Waals surface area contributed by atoms with E-state index in [1.165, 1.54) is 0 Å². The van der Waals surface area contributed by atoms with Crippen molar-refractivity contribution >= 4 is 17.4 Å². The van der Waals surface area contributed by atoms with E-state index in [0.29, 0.717) is 23.8 Å². The summed E-state index contributed by atoms with van der Waals surface area (Å²) in [5.74, 6) is 0.601. The van der Waals surface area contributed by atoms with E-state index in [2.05, 4.69) is 32.8 Å². The largest absolute Gasteiger partial charge is 0.299 e. The number of Topliss-reactive ketones (excluding diaryl/α,β-unsaturated/α-hetero) is 1. The van der Waals surface area contributed by atoms with Gasteiger partial charge in [0.15, 0.2) is 0 Å². The summed E-state index contributed by atoms with van der Waals surface area (Å²) in [5.41, 5.74) is 1.91. The third-order valence-electron chi connectivity index (χ3n) is 4.07. The number of carbonyl (C=O) groups is 1. The predicted molar refractivity (Wildman–Crippen MR) is 84.2 cm³/mol. The van der Waals surface area contributed by atoms with Crippen molar-refractivity contribution in [2.45, 2.75) is 67.3 Å². The molecule has 0 N–H and O–H groups in total. The van der Waals surface area contributed by atoms with Crippen molar-refractivity contribution in [2.24, 2.45) is 11.3 Å². The van der Waals surface area contributed by atoms with Gasteiger partial charge in [-0.15, -0.1) is 0 Å². The summed E-state index contributed by atoms with van der Waals surface area (Å²) >= 11 is 6.34. The van der Waals surface area contributed by atoms with Gasteiger partial charge in [-0.25, -0.2) is 0 Å². The van der Waals surface area contributed by atoms with Gasteiger partial charge in [0.1, 0.15) is 5.78 Å². The number of aryl methyl sites for hydroxylation is 2. The molecule has 0 amide bonds. The van der Waals surface area contributed by atoms with Gasteiger partial charge in [0.05, 0.1) is 16.4 Å². The number of rotatable bonds is 6. The maximum absolute atomic E-state index is 12.3. The summed E-state index contributed by atoms with van der Waals surface area (Å²) in [6, 6.07) is 0. The number of ketones is 1. The van der Waals surface area contributed by atoms with Crippen LogP contribution in [0.4, 0.5) is 0 Å². The van der Waals surface area contributed by atoms with Crippen LogP contribution in [0.25, 0.3) is 0 Å². The van der Waals surface area contributed by atoms with Gasteiger partial charge >= 0.3 is 0 Å². The minimum atomic E-state index is 0.152. The SMILES string of the molecule is CCc1nn(CC)c(CC(=O)CC(C)C(C)(C)C)c1Cl. The zero-order chi connectivity index (χ0) is 15.5. The van der Waals surface area contributed by atoms with E-state index in [9.17, 15) is 4.79 Å². The van der Waals surface area contributed by atoms with E-state index in [4.69, 9.17) is 11.6 Å². The molecule has 0 saturated heterocycles. The first-order chi connectivity index (χ1) is 9.20. The first kappa shape index (κ1) is 17.2. The summed E-state index contributed by atoms with van der Waals surface area (Å²) < 4.78 is 1.86. The molecular formula is C16H27ClN2O. The minimum Gasteiger partial charge on any atom is -0.299 e. The van der Waals surface area contributed by atoms with Crippen LogP contribution in [0.3, 0.4) is 0 Å². The van der Waals surface area contributed by atoms with E-state index in [-0.39, 0.29) is 11.2 Å². The molecule has 0 bridgehead atoms. The van der Waals surface area contributed by atoms with Crippen LogP contribution in [-0.2, 0) is 24.2 Å². The van der Waals surface area contributed by atoms with E-state index in [0.717, 1.165) is 24.4 Å². The Kier molecular flexibility index (Phi) is 5.81. The molecule has 3 nitrogen and oxygen atoms in total. The smallest absolute Gasteiger partial charge is 0.139 e. The molecule has 1 aromatic heterocycles. The highest BCUT2D eigenvalue weighted by atomic mass is 35.5. The fourth-order valence-corrected chi connectivity index (χ4v) is 2.43. The summed E-state index contributed by atoms with van der Waals surface area (Å²) in [4.78, 5) is 12.3. The highest BCUT2D eigenvalue weighted by molar-refractivity contribution is 6.32. The van der Waals surface area contributed by atoms with Crippen molar-refractivity contribution in [1.82, 2.24) is 9.78 Å². The number of aromatic nitrogens is 2. The number of nitrogens with zero attached hydrogens (tertiary/aromatic N) is 2. The quantitative estimate of drug-likeness (QED) is 0.784. The molecule has 4 heteroatoms. The molecule has 20 heavy (non-hydrogen) atoms. The Morgan fingerprint density at radius 3 is 2.40 bits per heavy atom. The van der Waals surface area contributed by atoms with Gasteiger partial charge in [-0.2, -0.15) is 5.10 Å². The number of halogens is 1. The Hall–Kier alpha value is -0.830. The lowest BCUT2D eigenvalue weighted by molar-refractivity contribution is -0.120. The van der Waals surface area contributed by atoms with Gasteiger partial charge in [0.25, 0.3) is 0 Å². The fraction of sp³-hybridized carbons (Fsp3) is 0.750. The standard InChI is InChI=1S/C16H27ClN2O/c1-7-13-15(17)14(19(8-2)18-13)10-12(20)9-11(3)16(4,5)6/h11H,7-10H2,1-6H3. The van der Waals surface area contributed by atoms with E-state index >= 15 is 0 Å². The number of carbonyl (C=O) groups excluding carboxylic acids is 1. The van der Waals surface area contributed by atoms with Gasteiger partial charge in [-0.3, -0.25) is 9.48 Å². The third kappa shape index (κ3) is 4.08. The second-order valence-electron chi connectivity index (χ2n) is 6.56. The van der Waals surface area contributed by atoms with Gasteiger partial charge in [0.2, 0.25) is 0 Å². The Bertz CT molecular complexity index is 472. The minimum absolute atomic E-state index is 0.152. The molecule has 0 spiro atoms. The van der Waals surface area contributed by atoms with Crippen molar-refractivity contribution in [1.29, 1.82) is 0 Å². The Morgan fingerprint density at radius 2 is 1.95 bits per heavy atom. The van der Waals surface area contributed by atoms with Crippen LogP contribution in [0.15, 0.2) is 0 Å². The molecule has 1 heterocycles. The lowest BCUT2D eigenvalue weighted by Gasteiger charge is -2.26. The van der Waals surface area contributed by atoms with E-state index in [1.807, 2.05) is 18.5 Å². The van der Waals surface area contributed by atoms with E-state index < -0.39 is 0 Å². The Morgan fingerprint density at radius 1 is 1.35 bits per heavy atom. The van der Waals surface area contributed by atoms with E-state index in [1.54, 1.807) is 0 Å². The van der Waals surface area contributed by atoms with Crippen LogP contribution in [0, 0.1) is 11.3 Å². The van der Waals surface area contributed by atoms with Crippen molar-refractivity contribution in [3.05, 3.63) is 16.4 Å². The Labute approximate surface area is 127 Å². The summed E-state index contributed by atoms with van der Waals surface area (Å²) in [6.07, 6.45) is 1.78. The van der Waals surface area contributed by atoms with Crippen LogP contribution in [0.5, 0.6) is 0 Å². The van der Waals surface area contributed by atoms with Gasteiger partial charge < -0.3 is 0 Å². The maximum atomic E-state index is 12.3. The first-order valence-electron chi connectivity index (χ1n) is 7.46. The zero-order valence-electron chi connectivity index (χ0n) is 13.6. The van der Waals surface area contributed by atoms with Crippen molar-refractivity contribution in [3.63, 3.8) is 0 Å². The van der Waals surface area contributed by atoms with Crippen molar-refractivity contribution in [3.8, 4) is 0 Å². The molecule has 0 aliphatic carbocycles. The summed E-state index contributed by atoms with van der Waals surface area (Å²) in [6.45, 7) is 13.4. The van der Waals surface area contributed by atoms with Crippen molar-refractivity contribution in [2.75, 3.05) is 0 Å². The fourth-order valence-electron chi connectivity index (χ4n) is 2.09. The van der Waals surface area contributed by atoms with Crippen LogP contribution >= 0.6 is 11.6 Å². The molecule has 0 aliphatic rings. The summed E-state index contributed by atoms with van der Waals surface area (Å²) in [5, 5.41) is 5.13. The van der Waals surface area contributed by atoms with Gasteiger partial charge in [0, 0.05) is 19.4 Å². The molecule has 0 radical (unpaired) electrons. The molecule has 0 aromatic carbocycles. The van der Waals surface area contributed by atoms with Crippen molar-refractivity contribution < 1.29 is 4.79 Å².